The molecule has 0 aliphatic carbocycles. The fraction of sp³-hybridized carbons (Fsp3) is 0.143. The van der Waals surface area contributed by atoms with E-state index in [2.05, 4.69) is 30.3 Å². The maximum atomic E-state index is 4.68. The first-order chi connectivity index (χ1) is 10.4. The van der Waals surface area contributed by atoms with E-state index < -0.39 is 0 Å². The first-order valence-corrected chi connectivity index (χ1v) is 7.46. The van der Waals surface area contributed by atoms with Crippen molar-refractivity contribution in [2.75, 3.05) is 5.32 Å². The third kappa shape index (κ3) is 2.31. The smallest absolute Gasteiger partial charge is 0.224 e. The molecule has 0 radical (unpaired) electrons. The molecule has 4 heterocycles. The monoisotopic (exact) mass is 296 g/mol. The molecule has 3 aromatic rings. The Balaban J connectivity index is 1.66. The van der Waals surface area contributed by atoms with Gasteiger partial charge in [0.25, 0.3) is 0 Å². The zero-order valence-corrected chi connectivity index (χ0v) is 11.8. The Kier molecular flexibility index (Phi) is 2.97. The van der Waals surface area contributed by atoms with Crippen molar-refractivity contribution in [3.63, 3.8) is 0 Å². The number of fused-ring (bicyclic) bond motifs is 1. The minimum Gasteiger partial charge on any atom is -0.360 e. The van der Waals surface area contributed by atoms with Gasteiger partial charge in [-0.15, -0.1) is 11.3 Å². The molecule has 0 amide bonds. The van der Waals surface area contributed by atoms with Crippen molar-refractivity contribution in [2.45, 2.75) is 12.5 Å². The van der Waals surface area contributed by atoms with Crippen LogP contribution in [-0.4, -0.2) is 27.1 Å². The van der Waals surface area contributed by atoms with Crippen LogP contribution in [0, 0.1) is 0 Å². The van der Waals surface area contributed by atoms with Crippen LogP contribution < -0.4 is 5.32 Å². The summed E-state index contributed by atoms with van der Waals surface area (Å²) in [5.74, 6) is 0.601. The Bertz CT molecular complexity index is 817. The van der Waals surface area contributed by atoms with Crippen LogP contribution >= 0.6 is 11.3 Å². The number of pyridine rings is 1. The molecule has 1 unspecified atom stereocenters. The predicted molar refractivity (Wildman–Crippen MR) is 85.1 cm³/mol. The molecule has 6 nitrogen and oxygen atoms in total. The lowest BCUT2D eigenvalue weighted by Gasteiger charge is -2.15. The van der Waals surface area contributed by atoms with Crippen molar-refractivity contribution in [2.24, 2.45) is 9.98 Å². The van der Waals surface area contributed by atoms with Crippen LogP contribution in [0.5, 0.6) is 0 Å². The molecule has 3 aromatic heterocycles. The van der Waals surface area contributed by atoms with E-state index in [-0.39, 0.29) is 6.04 Å². The Labute approximate surface area is 124 Å². The van der Waals surface area contributed by atoms with E-state index in [4.69, 9.17) is 0 Å². The molecule has 0 saturated carbocycles. The highest BCUT2D eigenvalue weighted by atomic mass is 32.1. The third-order valence-electron chi connectivity index (χ3n) is 3.35. The number of anilines is 1. The van der Waals surface area contributed by atoms with Crippen molar-refractivity contribution in [1.82, 2.24) is 15.0 Å². The number of nitrogens with one attached hydrogen (secondary N) is 2. The molecule has 4 rings (SSSR count). The average molecular weight is 296 g/mol. The first-order valence-electron chi connectivity index (χ1n) is 6.58. The molecule has 1 aliphatic heterocycles. The number of rotatable bonds is 2. The second kappa shape index (κ2) is 5.10. The van der Waals surface area contributed by atoms with Crippen LogP contribution in [0.3, 0.4) is 0 Å². The van der Waals surface area contributed by atoms with Crippen molar-refractivity contribution < 1.29 is 0 Å². The van der Waals surface area contributed by atoms with Gasteiger partial charge in [-0.05, 0) is 6.07 Å². The van der Waals surface area contributed by atoms with Crippen LogP contribution in [0.15, 0.2) is 46.2 Å². The summed E-state index contributed by atoms with van der Waals surface area (Å²) >= 11 is 1.53. The van der Waals surface area contributed by atoms with Crippen LogP contribution in [0.1, 0.15) is 18.0 Å². The number of guanidine groups is 1. The van der Waals surface area contributed by atoms with Crippen molar-refractivity contribution in [1.29, 1.82) is 0 Å². The number of nitrogens with zero attached hydrogens (tertiary/aromatic N) is 4. The van der Waals surface area contributed by atoms with Gasteiger partial charge in [0.15, 0.2) is 5.13 Å². The van der Waals surface area contributed by atoms with E-state index in [9.17, 15) is 0 Å². The normalized spacial score (nSPS) is 17.9. The lowest BCUT2D eigenvalue weighted by Crippen LogP contribution is -2.15. The molecule has 7 heteroatoms. The summed E-state index contributed by atoms with van der Waals surface area (Å²) in [6, 6.07) is 2.07. The molecule has 1 atom stereocenters. The first kappa shape index (κ1) is 12.2. The number of aromatic nitrogens is 3. The second-order valence-electron chi connectivity index (χ2n) is 4.64. The van der Waals surface area contributed by atoms with E-state index in [1.165, 1.54) is 11.3 Å². The highest BCUT2D eigenvalue weighted by molar-refractivity contribution is 7.13. The van der Waals surface area contributed by atoms with Gasteiger partial charge in [0.05, 0.1) is 17.8 Å². The van der Waals surface area contributed by atoms with Gasteiger partial charge in [-0.3, -0.25) is 4.98 Å². The summed E-state index contributed by atoms with van der Waals surface area (Å²) in [6.45, 7) is 0. The molecule has 0 spiro atoms. The zero-order chi connectivity index (χ0) is 14.1. The number of thiazole rings is 1. The van der Waals surface area contributed by atoms with Gasteiger partial charge in [-0.2, -0.15) is 0 Å². The van der Waals surface area contributed by atoms with Gasteiger partial charge in [0, 0.05) is 47.6 Å². The quantitative estimate of drug-likeness (QED) is 0.763. The van der Waals surface area contributed by atoms with Crippen LogP contribution in [0.2, 0.25) is 0 Å². The Morgan fingerprint density at radius 2 is 2.33 bits per heavy atom. The number of hydrogen-bond donors (Lipinski definition) is 2. The van der Waals surface area contributed by atoms with Crippen LogP contribution in [-0.2, 0) is 0 Å². The number of H-pyrrole nitrogens is 1. The molecule has 0 aromatic carbocycles. The molecule has 2 N–H and O–H groups in total. The lowest BCUT2D eigenvalue weighted by atomic mass is 10.0. The molecule has 1 aliphatic rings. The topological polar surface area (TPSA) is 78.3 Å². The van der Waals surface area contributed by atoms with Gasteiger partial charge in [0.1, 0.15) is 0 Å². The molecule has 21 heavy (non-hydrogen) atoms. The van der Waals surface area contributed by atoms with E-state index in [1.54, 1.807) is 12.4 Å². The molecule has 0 fully saturated rings. The summed E-state index contributed by atoms with van der Waals surface area (Å²) < 4.78 is 0. The van der Waals surface area contributed by atoms with Crippen molar-refractivity contribution in [3.05, 3.63) is 41.8 Å². The minimum atomic E-state index is 0.0566. The van der Waals surface area contributed by atoms with Gasteiger partial charge < -0.3 is 10.3 Å². The Hall–Kier alpha value is -2.54. The SMILES string of the molecule is C1=NC(Nc2nccs2)=NC(c2c[nH]c3cnccc23)C1. The highest BCUT2D eigenvalue weighted by Gasteiger charge is 2.18. The van der Waals surface area contributed by atoms with E-state index in [1.807, 2.05) is 30.1 Å². The van der Waals surface area contributed by atoms with Gasteiger partial charge in [-0.1, -0.05) is 0 Å². The Morgan fingerprint density at radius 3 is 3.24 bits per heavy atom. The minimum absolute atomic E-state index is 0.0566. The van der Waals surface area contributed by atoms with Gasteiger partial charge >= 0.3 is 0 Å². The number of aromatic amines is 1. The maximum absolute atomic E-state index is 4.68. The second-order valence-corrected chi connectivity index (χ2v) is 5.54. The molecular weight excluding hydrogens is 284 g/mol. The number of aliphatic imine (C=N–C) groups is 2. The van der Waals surface area contributed by atoms with Crippen molar-refractivity contribution in [3.8, 4) is 0 Å². The van der Waals surface area contributed by atoms with Crippen molar-refractivity contribution >= 4 is 39.5 Å². The molecule has 0 saturated heterocycles. The summed E-state index contributed by atoms with van der Waals surface area (Å²) in [6.07, 6.45) is 10.1. The summed E-state index contributed by atoms with van der Waals surface area (Å²) in [5.41, 5.74) is 2.19. The van der Waals surface area contributed by atoms with Gasteiger partial charge in [0.2, 0.25) is 5.96 Å². The van der Waals surface area contributed by atoms with E-state index in [0.29, 0.717) is 5.96 Å². The fourth-order valence-corrected chi connectivity index (χ4v) is 2.91. The third-order valence-corrected chi connectivity index (χ3v) is 4.03. The predicted octanol–water partition coefficient (Wildman–Crippen LogP) is 3.00. The molecular formula is C14H12N6S. The molecule has 0 bridgehead atoms. The van der Waals surface area contributed by atoms with E-state index in [0.717, 1.165) is 28.0 Å². The molecule has 104 valence electrons. The number of hydrogen-bond acceptors (Lipinski definition) is 6. The average Bonchev–Trinajstić information content (AvgIpc) is 3.16. The summed E-state index contributed by atoms with van der Waals surface area (Å²) in [4.78, 5) is 20.5. The van der Waals surface area contributed by atoms with E-state index >= 15 is 0 Å². The summed E-state index contributed by atoms with van der Waals surface area (Å²) in [5, 5.41) is 7.01. The zero-order valence-electron chi connectivity index (χ0n) is 11.0. The Morgan fingerprint density at radius 1 is 1.33 bits per heavy atom. The van der Waals surface area contributed by atoms with Crippen LogP contribution in [0.4, 0.5) is 5.13 Å². The van der Waals surface area contributed by atoms with Gasteiger partial charge in [-0.25, -0.2) is 15.0 Å². The highest BCUT2D eigenvalue weighted by Crippen LogP contribution is 2.29. The largest absolute Gasteiger partial charge is 0.360 e. The standard InChI is InChI=1S/C14H12N6S/c1-3-15-8-12-9(1)10(7-18-12)11-2-4-16-13(19-11)20-14-17-5-6-21-14/h1,3-8,11,18H,2H2,(H,17,19,20). The summed E-state index contributed by atoms with van der Waals surface area (Å²) in [7, 11) is 0. The lowest BCUT2D eigenvalue weighted by molar-refractivity contribution is 0.767. The fourth-order valence-electron chi connectivity index (χ4n) is 2.38. The maximum Gasteiger partial charge on any atom is 0.224 e. The van der Waals surface area contributed by atoms with Crippen LogP contribution in [0.25, 0.3) is 10.9 Å².